The maximum Gasteiger partial charge on any atom is 0.490 e. The summed E-state index contributed by atoms with van der Waals surface area (Å²) < 4.78 is 43.1. The Bertz CT molecular complexity index is 1330. The number of ether oxygens (including phenoxy) is 2. The van der Waals surface area contributed by atoms with Gasteiger partial charge in [0.15, 0.2) is 0 Å². The Kier molecular flexibility index (Phi) is 6.65. The molecule has 0 amide bonds. The molecule has 0 atom stereocenters. The number of aromatic nitrogens is 5. The summed E-state index contributed by atoms with van der Waals surface area (Å²) in [4.78, 5) is 31.8. The van der Waals surface area contributed by atoms with Gasteiger partial charge in [-0.05, 0) is 12.1 Å². The van der Waals surface area contributed by atoms with E-state index in [2.05, 4.69) is 29.8 Å². The Labute approximate surface area is 194 Å². The van der Waals surface area contributed by atoms with Crippen LogP contribution in [0.5, 0.6) is 11.8 Å². The minimum absolute atomic E-state index is 0.241. The number of carbonyl (C=O) groups is 1. The molecule has 0 bridgehead atoms. The van der Waals surface area contributed by atoms with Crippen molar-refractivity contribution in [2.45, 2.75) is 6.18 Å². The van der Waals surface area contributed by atoms with Crippen molar-refractivity contribution in [1.82, 2.24) is 24.9 Å². The molecule has 0 radical (unpaired) electrons. The summed E-state index contributed by atoms with van der Waals surface area (Å²) in [5.74, 6) is -1.43. The van der Waals surface area contributed by atoms with Crippen LogP contribution in [0.25, 0.3) is 22.1 Å². The summed E-state index contributed by atoms with van der Waals surface area (Å²) >= 11 is 6.35. The average Bonchev–Trinajstić information content (AvgIpc) is 3.19. The van der Waals surface area contributed by atoms with E-state index in [0.717, 1.165) is 35.3 Å². The largest absolute Gasteiger partial charge is 0.490 e. The van der Waals surface area contributed by atoms with E-state index in [-0.39, 0.29) is 6.01 Å². The van der Waals surface area contributed by atoms with Crippen LogP contribution in [0.4, 0.5) is 19.0 Å². The Balaban J connectivity index is 0.000000344. The van der Waals surface area contributed by atoms with Gasteiger partial charge in [0.05, 0.1) is 34.7 Å². The van der Waals surface area contributed by atoms with Crippen molar-refractivity contribution in [3.63, 3.8) is 0 Å². The smallest absolute Gasteiger partial charge is 0.475 e. The Morgan fingerprint density at radius 3 is 2.50 bits per heavy atom. The molecule has 0 aliphatic carbocycles. The van der Waals surface area contributed by atoms with Gasteiger partial charge in [-0.2, -0.15) is 23.1 Å². The predicted molar refractivity (Wildman–Crippen MR) is 115 cm³/mol. The van der Waals surface area contributed by atoms with Crippen LogP contribution in [0.15, 0.2) is 36.8 Å². The van der Waals surface area contributed by atoms with Gasteiger partial charge in [0.2, 0.25) is 0 Å². The zero-order valence-electron chi connectivity index (χ0n) is 17.2. The van der Waals surface area contributed by atoms with Crippen LogP contribution < -0.4 is 9.64 Å². The summed E-state index contributed by atoms with van der Waals surface area (Å²) in [6, 6.07) is 5.72. The number of halogens is 4. The van der Waals surface area contributed by atoms with E-state index in [1.54, 1.807) is 18.6 Å². The highest BCUT2D eigenvalue weighted by atomic mass is 35.5. The van der Waals surface area contributed by atoms with E-state index in [0.29, 0.717) is 29.6 Å². The van der Waals surface area contributed by atoms with E-state index < -0.39 is 12.1 Å². The number of hydrogen-bond donors (Lipinski definition) is 2. The zero-order valence-corrected chi connectivity index (χ0v) is 18.0. The standard InChI is InChI=1S/C18H15ClN6O2.C2HF3O2/c19-12-10-22-16-15(12)17(25-5-7-26-8-6-25)24-18(23-16)27-11-1-2-13-14(9-11)21-4-3-20-13;3-2(4,5)1(6)7/h1-4,9-10H,5-8H2,(H,22,23,24);(H,6,7). The molecule has 1 aliphatic rings. The highest BCUT2D eigenvalue weighted by Gasteiger charge is 2.38. The lowest BCUT2D eigenvalue weighted by atomic mass is 10.3. The molecule has 3 aromatic heterocycles. The fraction of sp³-hybridized carbons (Fsp3) is 0.250. The van der Waals surface area contributed by atoms with E-state index in [1.165, 1.54) is 0 Å². The molecule has 1 aromatic carbocycles. The molecule has 0 spiro atoms. The topological polar surface area (TPSA) is 126 Å². The van der Waals surface area contributed by atoms with Gasteiger partial charge >= 0.3 is 18.2 Å². The number of rotatable bonds is 3. The number of aromatic amines is 1. The summed E-state index contributed by atoms with van der Waals surface area (Å²) in [5, 5.41) is 8.49. The molecular weight excluding hydrogens is 481 g/mol. The third kappa shape index (κ3) is 5.26. The van der Waals surface area contributed by atoms with Crippen molar-refractivity contribution < 1.29 is 32.5 Å². The van der Waals surface area contributed by atoms with Gasteiger partial charge in [-0.15, -0.1) is 0 Å². The molecule has 0 unspecified atom stereocenters. The minimum Gasteiger partial charge on any atom is -0.475 e. The number of hydrogen-bond acceptors (Lipinski definition) is 8. The van der Waals surface area contributed by atoms with Crippen LogP contribution in [-0.2, 0) is 9.53 Å². The maximum atomic E-state index is 10.6. The Morgan fingerprint density at radius 2 is 1.82 bits per heavy atom. The van der Waals surface area contributed by atoms with Gasteiger partial charge in [0.1, 0.15) is 17.2 Å². The monoisotopic (exact) mass is 496 g/mol. The first-order valence-corrected chi connectivity index (χ1v) is 10.2. The summed E-state index contributed by atoms with van der Waals surface area (Å²) in [5.41, 5.74) is 2.17. The summed E-state index contributed by atoms with van der Waals surface area (Å²) in [6.45, 7) is 2.76. The third-order valence-electron chi connectivity index (χ3n) is 4.65. The fourth-order valence-electron chi connectivity index (χ4n) is 3.12. The number of alkyl halides is 3. The lowest BCUT2D eigenvalue weighted by molar-refractivity contribution is -0.192. The number of carboxylic acid groups (broad SMARTS) is 1. The molecule has 178 valence electrons. The van der Waals surface area contributed by atoms with Crippen LogP contribution >= 0.6 is 11.6 Å². The number of H-pyrrole nitrogens is 1. The molecular formula is C20H16ClF3N6O4. The molecule has 0 saturated carbocycles. The van der Waals surface area contributed by atoms with Crippen LogP contribution in [0.3, 0.4) is 0 Å². The number of fused-ring (bicyclic) bond motifs is 2. The highest BCUT2D eigenvalue weighted by molar-refractivity contribution is 6.36. The first kappa shape index (κ1) is 23.4. The highest BCUT2D eigenvalue weighted by Crippen LogP contribution is 2.33. The maximum absolute atomic E-state index is 10.6. The molecule has 2 N–H and O–H groups in total. The zero-order chi connectivity index (χ0) is 24.3. The van der Waals surface area contributed by atoms with Crippen molar-refractivity contribution >= 4 is 45.5 Å². The van der Waals surface area contributed by atoms with Gasteiger partial charge in [-0.25, -0.2) is 4.79 Å². The number of nitrogens with one attached hydrogen (secondary N) is 1. The normalized spacial score (nSPS) is 14.1. The van der Waals surface area contributed by atoms with E-state index in [4.69, 9.17) is 31.0 Å². The van der Waals surface area contributed by atoms with Crippen molar-refractivity contribution in [3.05, 3.63) is 41.8 Å². The van der Waals surface area contributed by atoms with Crippen LogP contribution in [-0.4, -0.2) is 68.5 Å². The number of benzene rings is 1. The van der Waals surface area contributed by atoms with Gasteiger partial charge in [0, 0.05) is 37.7 Å². The minimum atomic E-state index is -5.08. The molecule has 10 nitrogen and oxygen atoms in total. The molecule has 1 aliphatic heterocycles. The number of aliphatic carboxylic acids is 1. The van der Waals surface area contributed by atoms with Gasteiger partial charge in [-0.3, -0.25) is 9.97 Å². The average molecular weight is 497 g/mol. The van der Waals surface area contributed by atoms with Crippen molar-refractivity contribution in [2.75, 3.05) is 31.2 Å². The summed E-state index contributed by atoms with van der Waals surface area (Å²) in [6.07, 6.45) is -0.0735. The lowest BCUT2D eigenvalue weighted by Crippen LogP contribution is -2.37. The van der Waals surface area contributed by atoms with E-state index in [1.807, 2.05) is 18.2 Å². The Hall–Kier alpha value is -3.71. The van der Waals surface area contributed by atoms with Crippen molar-refractivity contribution in [2.24, 2.45) is 0 Å². The number of anilines is 1. The number of carboxylic acids is 1. The fourth-order valence-corrected chi connectivity index (χ4v) is 3.35. The van der Waals surface area contributed by atoms with Crippen LogP contribution in [0.2, 0.25) is 5.02 Å². The molecule has 34 heavy (non-hydrogen) atoms. The van der Waals surface area contributed by atoms with E-state index in [9.17, 15) is 13.2 Å². The molecule has 4 aromatic rings. The SMILES string of the molecule is Clc1c[nH]c2nc(Oc3ccc4nccnc4c3)nc(N3CCOCC3)c12.O=C(O)C(F)(F)F. The predicted octanol–water partition coefficient (Wildman–Crippen LogP) is 3.82. The molecule has 1 saturated heterocycles. The second-order valence-electron chi connectivity index (χ2n) is 6.90. The van der Waals surface area contributed by atoms with Crippen LogP contribution in [0, 0.1) is 0 Å². The van der Waals surface area contributed by atoms with Gasteiger partial charge in [0.25, 0.3) is 0 Å². The second kappa shape index (κ2) is 9.65. The first-order valence-electron chi connectivity index (χ1n) is 9.78. The van der Waals surface area contributed by atoms with Crippen LogP contribution in [0.1, 0.15) is 0 Å². The second-order valence-corrected chi connectivity index (χ2v) is 7.31. The quantitative estimate of drug-likeness (QED) is 0.435. The van der Waals surface area contributed by atoms with Gasteiger partial charge < -0.3 is 24.5 Å². The Morgan fingerprint density at radius 1 is 1.15 bits per heavy atom. The van der Waals surface area contributed by atoms with E-state index >= 15 is 0 Å². The molecule has 5 rings (SSSR count). The number of morpholine rings is 1. The van der Waals surface area contributed by atoms with Gasteiger partial charge in [-0.1, -0.05) is 11.6 Å². The van der Waals surface area contributed by atoms with Crippen molar-refractivity contribution in [3.8, 4) is 11.8 Å². The third-order valence-corrected chi connectivity index (χ3v) is 4.94. The summed E-state index contributed by atoms with van der Waals surface area (Å²) in [7, 11) is 0. The molecule has 14 heteroatoms. The molecule has 1 fully saturated rings. The molecule has 4 heterocycles. The number of nitrogens with zero attached hydrogens (tertiary/aromatic N) is 5. The van der Waals surface area contributed by atoms with Crippen molar-refractivity contribution in [1.29, 1.82) is 0 Å². The first-order chi connectivity index (χ1) is 16.2. The lowest BCUT2D eigenvalue weighted by Gasteiger charge is -2.28.